The standard InChI is InChI=1S/C16H25ClN2O2/c1-2-19(14-5-6-14)10-9-18-11-15(20)12-21-16-7-3-13(17)4-8-16/h3-4,7-8,14-15,18,20H,2,5-6,9-12H2,1H3. The molecule has 0 saturated heterocycles. The molecule has 0 spiro atoms. The van der Waals surface area contributed by atoms with Crippen molar-refractivity contribution in [3.05, 3.63) is 29.3 Å². The summed E-state index contributed by atoms with van der Waals surface area (Å²) in [5.41, 5.74) is 0. The molecule has 1 aliphatic carbocycles. The maximum absolute atomic E-state index is 9.88. The van der Waals surface area contributed by atoms with Crippen molar-refractivity contribution in [1.82, 2.24) is 10.2 Å². The lowest BCUT2D eigenvalue weighted by Crippen LogP contribution is -2.38. The Balaban J connectivity index is 1.54. The van der Waals surface area contributed by atoms with Crippen LogP contribution < -0.4 is 10.1 Å². The topological polar surface area (TPSA) is 44.7 Å². The van der Waals surface area contributed by atoms with Crippen LogP contribution in [-0.4, -0.2) is 54.9 Å². The molecule has 0 radical (unpaired) electrons. The lowest BCUT2D eigenvalue weighted by molar-refractivity contribution is 0.105. The van der Waals surface area contributed by atoms with E-state index < -0.39 is 6.10 Å². The van der Waals surface area contributed by atoms with Crippen LogP contribution in [0.5, 0.6) is 5.75 Å². The second kappa shape index (κ2) is 8.59. The molecule has 4 nitrogen and oxygen atoms in total. The van der Waals surface area contributed by atoms with E-state index in [4.69, 9.17) is 16.3 Å². The third kappa shape index (κ3) is 6.22. The van der Waals surface area contributed by atoms with Gasteiger partial charge in [0.25, 0.3) is 0 Å². The summed E-state index contributed by atoms with van der Waals surface area (Å²) in [6.07, 6.45) is 2.17. The number of nitrogens with zero attached hydrogens (tertiary/aromatic N) is 1. The van der Waals surface area contributed by atoms with Crippen LogP contribution in [0.15, 0.2) is 24.3 Å². The minimum absolute atomic E-state index is 0.286. The Morgan fingerprint density at radius 1 is 1.38 bits per heavy atom. The number of hydrogen-bond acceptors (Lipinski definition) is 4. The van der Waals surface area contributed by atoms with E-state index >= 15 is 0 Å². The molecule has 0 aliphatic heterocycles. The summed E-state index contributed by atoms with van der Waals surface area (Å²) >= 11 is 5.80. The van der Waals surface area contributed by atoms with E-state index in [1.807, 2.05) is 0 Å². The molecular formula is C16H25ClN2O2. The molecule has 1 aromatic carbocycles. The van der Waals surface area contributed by atoms with E-state index in [-0.39, 0.29) is 6.61 Å². The average molecular weight is 313 g/mol. The van der Waals surface area contributed by atoms with Gasteiger partial charge in [-0.15, -0.1) is 0 Å². The first-order valence-electron chi connectivity index (χ1n) is 7.70. The van der Waals surface area contributed by atoms with Crippen molar-refractivity contribution in [1.29, 1.82) is 0 Å². The fraction of sp³-hybridized carbons (Fsp3) is 0.625. The Morgan fingerprint density at radius 2 is 2.10 bits per heavy atom. The van der Waals surface area contributed by atoms with Crippen LogP contribution in [-0.2, 0) is 0 Å². The van der Waals surface area contributed by atoms with E-state index in [0.29, 0.717) is 11.6 Å². The third-order valence-corrected chi connectivity index (χ3v) is 3.93. The van der Waals surface area contributed by atoms with Crippen molar-refractivity contribution in [3.63, 3.8) is 0 Å². The first-order valence-corrected chi connectivity index (χ1v) is 8.08. The van der Waals surface area contributed by atoms with Gasteiger partial charge in [-0.3, -0.25) is 4.90 Å². The highest BCUT2D eigenvalue weighted by Gasteiger charge is 2.26. The summed E-state index contributed by atoms with van der Waals surface area (Å²) in [6, 6.07) is 7.96. The van der Waals surface area contributed by atoms with Crippen molar-refractivity contribution in [2.24, 2.45) is 0 Å². The SMILES string of the molecule is CCN(CCNCC(O)COc1ccc(Cl)cc1)C1CC1. The number of benzene rings is 1. The minimum Gasteiger partial charge on any atom is -0.491 e. The van der Waals surface area contributed by atoms with E-state index in [2.05, 4.69) is 17.1 Å². The lowest BCUT2D eigenvalue weighted by atomic mass is 10.3. The van der Waals surface area contributed by atoms with Crippen LogP contribution in [0.1, 0.15) is 19.8 Å². The summed E-state index contributed by atoms with van der Waals surface area (Å²) in [7, 11) is 0. The Morgan fingerprint density at radius 3 is 2.71 bits per heavy atom. The van der Waals surface area contributed by atoms with Gasteiger partial charge in [0.15, 0.2) is 0 Å². The van der Waals surface area contributed by atoms with Gasteiger partial charge in [-0.2, -0.15) is 0 Å². The summed E-state index contributed by atoms with van der Waals surface area (Å²) in [4.78, 5) is 2.49. The fourth-order valence-corrected chi connectivity index (χ4v) is 2.44. The number of aliphatic hydroxyl groups excluding tert-OH is 1. The van der Waals surface area contributed by atoms with Gasteiger partial charge in [0, 0.05) is 30.7 Å². The van der Waals surface area contributed by atoms with Gasteiger partial charge in [0.1, 0.15) is 18.5 Å². The maximum Gasteiger partial charge on any atom is 0.119 e. The number of halogens is 1. The van der Waals surface area contributed by atoms with Crippen LogP contribution in [0, 0.1) is 0 Å². The number of ether oxygens (including phenoxy) is 1. The molecule has 1 aliphatic rings. The fourth-order valence-electron chi connectivity index (χ4n) is 2.31. The van der Waals surface area contributed by atoms with Crippen LogP contribution in [0.25, 0.3) is 0 Å². The molecule has 118 valence electrons. The van der Waals surface area contributed by atoms with Gasteiger partial charge < -0.3 is 15.2 Å². The maximum atomic E-state index is 9.88. The molecule has 1 aromatic rings. The largest absolute Gasteiger partial charge is 0.491 e. The third-order valence-electron chi connectivity index (χ3n) is 3.68. The Kier molecular flexibility index (Phi) is 6.77. The predicted molar refractivity (Wildman–Crippen MR) is 86.1 cm³/mol. The van der Waals surface area contributed by atoms with Crippen LogP contribution in [0.3, 0.4) is 0 Å². The number of aliphatic hydroxyl groups is 1. The van der Waals surface area contributed by atoms with E-state index in [1.165, 1.54) is 12.8 Å². The molecule has 0 aromatic heterocycles. The van der Waals surface area contributed by atoms with E-state index in [1.54, 1.807) is 24.3 Å². The Labute approximate surface area is 132 Å². The molecule has 5 heteroatoms. The van der Waals surface area contributed by atoms with Crippen LogP contribution in [0.2, 0.25) is 5.02 Å². The van der Waals surface area contributed by atoms with E-state index in [0.717, 1.165) is 31.4 Å². The van der Waals surface area contributed by atoms with Crippen LogP contribution in [0.4, 0.5) is 0 Å². The molecule has 21 heavy (non-hydrogen) atoms. The average Bonchev–Trinajstić information content (AvgIpc) is 3.31. The van der Waals surface area contributed by atoms with Crippen molar-refractivity contribution < 1.29 is 9.84 Å². The Hall–Kier alpha value is -0.810. The van der Waals surface area contributed by atoms with Gasteiger partial charge in [0.05, 0.1) is 0 Å². The van der Waals surface area contributed by atoms with Crippen molar-refractivity contribution in [2.45, 2.75) is 31.9 Å². The molecular weight excluding hydrogens is 288 g/mol. The number of rotatable bonds is 10. The second-order valence-electron chi connectivity index (χ2n) is 5.48. The van der Waals surface area contributed by atoms with Gasteiger partial charge in [-0.05, 0) is 43.7 Å². The van der Waals surface area contributed by atoms with Gasteiger partial charge >= 0.3 is 0 Å². The van der Waals surface area contributed by atoms with E-state index in [9.17, 15) is 5.11 Å². The predicted octanol–water partition coefficient (Wildman–Crippen LogP) is 2.15. The van der Waals surface area contributed by atoms with Crippen molar-refractivity contribution >= 4 is 11.6 Å². The molecule has 0 heterocycles. The minimum atomic E-state index is -0.503. The van der Waals surface area contributed by atoms with Gasteiger partial charge in [0.2, 0.25) is 0 Å². The van der Waals surface area contributed by atoms with Gasteiger partial charge in [-0.25, -0.2) is 0 Å². The number of hydrogen-bond donors (Lipinski definition) is 2. The quantitative estimate of drug-likeness (QED) is 0.650. The summed E-state index contributed by atoms with van der Waals surface area (Å²) in [5.74, 6) is 0.726. The van der Waals surface area contributed by atoms with Crippen molar-refractivity contribution in [3.8, 4) is 5.75 Å². The smallest absolute Gasteiger partial charge is 0.119 e. The molecule has 2 rings (SSSR count). The highest BCUT2D eigenvalue weighted by atomic mass is 35.5. The molecule has 1 unspecified atom stereocenters. The highest BCUT2D eigenvalue weighted by Crippen LogP contribution is 2.25. The first-order chi connectivity index (χ1) is 10.2. The summed E-state index contributed by atoms with van der Waals surface area (Å²) in [5, 5.41) is 13.8. The highest BCUT2D eigenvalue weighted by molar-refractivity contribution is 6.30. The summed E-state index contributed by atoms with van der Waals surface area (Å²) in [6.45, 7) is 6.10. The molecule has 1 atom stereocenters. The summed E-state index contributed by atoms with van der Waals surface area (Å²) < 4.78 is 5.51. The molecule has 1 fully saturated rings. The first kappa shape index (κ1) is 16.6. The molecule has 2 N–H and O–H groups in total. The van der Waals surface area contributed by atoms with Gasteiger partial charge in [-0.1, -0.05) is 18.5 Å². The normalized spacial score (nSPS) is 16.2. The molecule has 0 bridgehead atoms. The lowest BCUT2D eigenvalue weighted by Gasteiger charge is -2.20. The zero-order valence-corrected chi connectivity index (χ0v) is 13.4. The zero-order valence-electron chi connectivity index (χ0n) is 12.6. The zero-order chi connectivity index (χ0) is 15.1. The number of likely N-dealkylation sites (N-methyl/N-ethyl adjacent to an activating group) is 1. The Bertz CT molecular complexity index is 409. The number of nitrogens with one attached hydrogen (secondary N) is 1. The molecule has 0 amide bonds. The van der Waals surface area contributed by atoms with Crippen molar-refractivity contribution in [2.75, 3.05) is 32.8 Å². The second-order valence-corrected chi connectivity index (χ2v) is 5.92. The monoisotopic (exact) mass is 312 g/mol. The molecule has 1 saturated carbocycles. The van der Waals surface area contributed by atoms with Crippen LogP contribution >= 0.6 is 11.6 Å².